The zero-order chi connectivity index (χ0) is 88.6. The number of carbonyl (C=O) groups excluding carboxylic acids is 1. The number of imidazole rings is 4. The number of ether oxygens (including phenoxy) is 1. The van der Waals surface area contributed by atoms with E-state index in [1.54, 1.807) is 104 Å². The SMILES string of the molecule is CCC(=O)c1ccc(C#N)nc1-c1nc2cc(-c3cnc(N)nc3)ccc2n1C(C)(C)C.CCC(C)(C)n1c(-c2cc(Br)cnc2-n2cncn2)nc2cc(-c3cnc(N)nc3)ccc21.COc1cccc(-c2nc3cc(-c4cnc(N)nc4)ccc3n2C(C)(C)C)n1.Cc1ccc(-c2nc3cc(-c4cnc(N)nc4)ccc3n2C(C)(C)C)c(-n2cncn2)n1. The Labute approximate surface area is 727 Å². The molecule has 14 aromatic heterocycles. The average Bonchev–Trinajstić information content (AvgIpc) is 1.62. The minimum Gasteiger partial charge on any atom is -0.481 e. The molecule has 0 aliphatic rings. The molecule has 18 rings (SSSR count). The number of methoxy groups -OCH3 is 1. The lowest BCUT2D eigenvalue weighted by Gasteiger charge is -2.28. The fourth-order valence-corrected chi connectivity index (χ4v) is 14.9. The van der Waals surface area contributed by atoms with Crippen molar-refractivity contribution in [1.29, 1.82) is 5.26 Å². The summed E-state index contributed by atoms with van der Waals surface area (Å²) in [6.45, 7) is 29.5. The molecule has 34 heteroatoms. The van der Waals surface area contributed by atoms with Crippen molar-refractivity contribution < 1.29 is 9.53 Å². The topological polar surface area (TPSA) is 442 Å². The van der Waals surface area contributed by atoms with E-state index in [0.29, 0.717) is 41.0 Å². The third kappa shape index (κ3) is 17.6. The number of benzene rings is 4. The van der Waals surface area contributed by atoms with Gasteiger partial charge in [-0.1, -0.05) is 44.2 Å². The number of fused-ring (bicyclic) bond motifs is 4. The highest BCUT2D eigenvalue weighted by atomic mass is 79.9. The van der Waals surface area contributed by atoms with Crippen molar-refractivity contribution in [3.05, 3.63) is 224 Å². The Balaban J connectivity index is 0.000000129. The number of halogens is 1. The summed E-state index contributed by atoms with van der Waals surface area (Å²) in [6.07, 6.45) is 22.9. The van der Waals surface area contributed by atoms with Crippen LogP contribution in [-0.4, -0.2) is 140 Å². The van der Waals surface area contributed by atoms with Gasteiger partial charge in [0.15, 0.2) is 29.1 Å². The van der Waals surface area contributed by atoms with Crippen molar-refractivity contribution in [2.45, 2.75) is 132 Å². The number of hydrogen-bond acceptors (Lipinski definition) is 27. The maximum atomic E-state index is 12.7. The van der Waals surface area contributed by atoms with Crippen LogP contribution >= 0.6 is 15.9 Å². The van der Waals surface area contributed by atoms with Gasteiger partial charge in [-0.25, -0.2) is 99.1 Å². The van der Waals surface area contributed by atoms with Gasteiger partial charge in [-0.3, -0.25) is 4.79 Å². The van der Waals surface area contributed by atoms with Gasteiger partial charge in [-0.05, 0) is 213 Å². The van der Waals surface area contributed by atoms with Gasteiger partial charge in [0.2, 0.25) is 29.7 Å². The average molecular weight is 1730 g/mol. The van der Waals surface area contributed by atoms with Crippen molar-refractivity contribution in [1.82, 2.24) is 128 Å². The second-order valence-corrected chi connectivity index (χ2v) is 33.9. The largest absolute Gasteiger partial charge is 0.481 e. The van der Waals surface area contributed by atoms with Crippen LogP contribution in [0.3, 0.4) is 0 Å². The van der Waals surface area contributed by atoms with Gasteiger partial charge in [-0.2, -0.15) is 15.5 Å². The summed E-state index contributed by atoms with van der Waals surface area (Å²) >= 11 is 3.57. The molecule has 14 heterocycles. The van der Waals surface area contributed by atoms with Crippen LogP contribution in [0.15, 0.2) is 207 Å². The molecule has 0 fully saturated rings. The van der Waals surface area contributed by atoms with Gasteiger partial charge in [0.25, 0.3) is 0 Å². The van der Waals surface area contributed by atoms with E-state index in [2.05, 4.69) is 235 Å². The van der Waals surface area contributed by atoms with Gasteiger partial charge in [0, 0.05) is 128 Å². The molecule has 0 saturated carbocycles. The standard InChI is InChI=1S/C24H23N7O.C23H22BrN9.C23H23N9.C21H22N6O/c1-5-20(32)17-8-7-16(11-25)29-21(17)22-30-18-10-14(15-12-27-23(26)28-13-15)6-9-19(18)31(22)24(2,3)4;1-4-23(2,3)33-19-6-5-14(15-9-28-22(25)29-10-15)7-18(19)31-21(33)17-8-16(24)11-27-20(17)32-13-26-12-30-32;1-14-5-7-17(20(29-14)31-13-25-12-28-31)21-30-18-9-15(16-10-26-22(24)27-11-16)6-8-19(18)32(21)23(2,3)4;1-21(2,3)27-17-9-8-13(14-11-23-20(22)24-12-14)10-16(17)26-19(27)15-6-5-7-18(25-15)28-4/h6-10,12-13H,5H2,1-4H3,(H2,26,27,28);5-13H,4H2,1-3H3,(H2,25,28,29);5-13H,1-4H3,(H2,24,26,27);5-12H,1-4H3,(H2,22,23,24). The van der Waals surface area contributed by atoms with E-state index < -0.39 is 0 Å². The van der Waals surface area contributed by atoms with Crippen LogP contribution in [0.2, 0.25) is 0 Å². The van der Waals surface area contributed by atoms with Crippen molar-refractivity contribution >= 4 is 89.6 Å². The number of rotatable bonds is 15. The first-order valence-corrected chi connectivity index (χ1v) is 40.8. The zero-order valence-corrected chi connectivity index (χ0v) is 73.1. The van der Waals surface area contributed by atoms with Crippen molar-refractivity contribution in [2.24, 2.45) is 0 Å². The van der Waals surface area contributed by atoms with Crippen LogP contribution in [0.25, 0.3) is 146 Å². The Kier molecular flexibility index (Phi) is 23.2. The lowest BCUT2D eigenvalue weighted by atomic mass is 10.00. The van der Waals surface area contributed by atoms with Gasteiger partial charge >= 0.3 is 0 Å². The quantitative estimate of drug-likeness (QED) is 0.0692. The molecule has 0 aliphatic heterocycles. The van der Waals surface area contributed by atoms with E-state index in [1.165, 1.54) is 12.7 Å². The summed E-state index contributed by atoms with van der Waals surface area (Å²) in [5.74, 6) is 5.80. The van der Waals surface area contributed by atoms with E-state index in [4.69, 9.17) is 52.6 Å². The number of Topliss-reactive ketones (excluding diaryl/α,β-unsaturated/α-hetero) is 1. The highest BCUT2D eigenvalue weighted by molar-refractivity contribution is 9.10. The number of nitrogens with zero attached hydrogens (tertiary/aromatic N) is 27. The number of pyridine rings is 4. The number of aryl methyl sites for hydroxylation is 1. The minimum absolute atomic E-state index is 0.0517. The molecule has 4 aromatic carbocycles. The number of nitriles is 1. The third-order valence-corrected chi connectivity index (χ3v) is 21.2. The first kappa shape index (κ1) is 84.6. The molecule has 18 aromatic rings. The van der Waals surface area contributed by atoms with Gasteiger partial charge in [-0.15, -0.1) is 0 Å². The summed E-state index contributed by atoms with van der Waals surface area (Å²) < 4.78 is 18.2. The van der Waals surface area contributed by atoms with E-state index in [9.17, 15) is 10.1 Å². The second-order valence-electron chi connectivity index (χ2n) is 33.0. The summed E-state index contributed by atoms with van der Waals surface area (Å²) in [6, 6.07) is 41.5. The maximum Gasteiger partial charge on any atom is 0.219 e. The fourth-order valence-electron chi connectivity index (χ4n) is 14.6. The third-order valence-electron chi connectivity index (χ3n) is 20.7. The molecular weight excluding hydrogens is 1640 g/mol. The molecule has 0 spiro atoms. The maximum absolute atomic E-state index is 12.7. The molecular formula is C91H90BrN31O2. The lowest BCUT2D eigenvalue weighted by Crippen LogP contribution is -2.26. The Morgan fingerprint density at radius 2 is 0.856 bits per heavy atom. The molecule has 0 amide bonds. The molecule has 125 heavy (non-hydrogen) atoms. The monoisotopic (exact) mass is 1730 g/mol. The van der Waals surface area contributed by atoms with E-state index in [1.807, 2.05) is 79.7 Å². The van der Waals surface area contributed by atoms with Gasteiger partial charge in [0.1, 0.15) is 60.1 Å². The fraction of sp³-hybridized carbons (Fsp3) is 0.231. The van der Waals surface area contributed by atoms with Gasteiger partial charge < -0.3 is 45.9 Å². The molecule has 0 bridgehead atoms. The molecule has 8 N–H and O–H groups in total. The predicted octanol–water partition coefficient (Wildman–Crippen LogP) is 16.7. The zero-order valence-electron chi connectivity index (χ0n) is 71.5. The molecule has 0 radical (unpaired) electrons. The first-order chi connectivity index (χ1) is 59.8. The van der Waals surface area contributed by atoms with E-state index in [-0.39, 0.29) is 57.4 Å². The van der Waals surface area contributed by atoms with Crippen molar-refractivity contribution in [2.75, 3.05) is 30.0 Å². The van der Waals surface area contributed by atoms with Crippen molar-refractivity contribution in [3.63, 3.8) is 0 Å². The first-order valence-electron chi connectivity index (χ1n) is 40.0. The van der Waals surface area contributed by atoms with Crippen LogP contribution in [0, 0.1) is 18.3 Å². The predicted molar refractivity (Wildman–Crippen MR) is 486 cm³/mol. The van der Waals surface area contributed by atoms with E-state index in [0.717, 1.165) is 140 Å². The summed E-state index contributed by atoms with van der Waals surface area (Å²) in [7, 11) is 1.61. The molecule has 0 aliphatic carbocycles. The smallest absolute Gasteiger partial charge is 0.219 e. The van der Waals surface area contributed by atoms with Crippen molar-refractivity contribution in [3.8, 4) is 114 Å². The number of anilines is 4. The van der Waals surface area contributed by atoms with Crippen LogP contribution in [-0.2, 0) is 22.2 Å². The number of ketones is 1. The summed E-state index contributed by atoms with van der Waals surface area (Å²) in [5, 5.41) is 18.0. The van der Waals surface area contributed by atoms with Crippen LogP contribution in [0.1, 0.15) is 125 Å². The molecule has 0 atom stereocenters. The molecule has 0 unspecified atom stereocenters. The van der Waals surface area contributed by atoms with Crippen LogP contribution < -0.4 is 27.7 Å². The number of nitrogen functional groups attached to an aromatic ring is 4. The lowest BCUT2D eigenvalue weighted by molar-refractivity contribution is 0.0988. The minimum atomic E-state index is -0.354. The number of carbonyl (C=O) groups is 1. The normalized spacial score (nSPS) is 11.7. The highest BCUT2D eigenvalue weighted by Crippen LogP contribution is 2.42. The van der Waals surface area contributed by atoms with Gasteiger partial charge in [0.05, 0.1) is 62.4 Å². The number of aromatic nitrogens is 26. The number of hydrogen-bond donors (Lipinski definition) is 4. The Morgan fingerprint density at radius 3 is 1.27 bits per heavy atom. The molecule has 628 valence electrons. The number of nitrogens with two attached hydrogens (primary N) is 4. The molecule has 0 saturated heterocycles. The Hall–Kier alpha value is -15.4. The summed E-state index contributed by atoms with van der Waals surface area (Å²) in [4.78, 5) is 92.0. The highest BCUT2D eigenvalue weighted by Gasteiger charge is 2.32. The van der Waals surface area contributed by atoms with Crippen LogP contribution in [0.4, 0.5) is 23.8 Å². The Morgan fingerprint density at radius 1 is 0.440 bits per heavy atom. The second kappa shape index (κ2) is 34.3. The van der Waals surface area contributed by atoms with Crippen LogP contribution in [0.5, 0.6) is 5.88 Å². The summed E-state index contributed by atoms with van der Waals surface area (Å²) in [5.41, 5.74) is 40.7. The molecule has 33 nitrogen and oxygen atoms in total. The van der Waals surface area contributed by atoms with E-state index >= 15 is 0 Å². The Bertz CT molecular complexity index is 7050.